The fourth-order valence-corrected chi connectivity index (χ4v) is 7.63. The molecule has 4 nitrogen and oxygen atoms in total. The summed E-state index contributed by atoms with van der Waals surface area (Å²) in [5.41, 5.74) is 13.4. The second-order valence-corrected chi connectivity index (χ2v) is 14.3. The van der Waals surface area contributed by atoms with Crippen molar-refractivity contribution in [2.24, 2.45) is 0 Å². The van der Waals surface area contributed by atoms with Crippen LogP contribution < -0.4 is 19.6 Å². The fourth-order valence-electron chi connectivity index (χ4n) is 7.63. The van der Waals surface area contributed by atoms with Crippen LogP contribution in [0.5, 0.6) is 0 Å². The van der Waals surface area contributed by atoms with Gasteiger partial charge in [-0.3, -0.25) is 0 Å². The van der Waals surface area contributed by atoms with Crippen LogP contribution in [0.15, 0.2) is 255 Å². The van der Waals surface area contributed by atoms with Gasteiger partial charge in [0.25, 0.3) is 0 Å². The van der Waals surface area contributed by atoms with Gasteiger partial charge >= 0.3 is 0 Å². The van der Waals surface area contributed by atoms with Crippen LogP contribution in [0.25, 0.3) is 0 Å². The summed E-state index contributed by atoms with van der Waals surface area (Å²) in [5.74, 6) is 0. The Balaban J connectivity index is 1.08. The maximum Gasteiger partial charge on any atom is 0.0481 e. The second kappa shape index (κ2) is 17.5. The zero-order valence-corrected chi connectivity index (χ0v) is 32.7. The fraction of sp³-hybridized carbons (Fsp3) is 0.0182. The first-order valence-electron chi connectivity index (χ1n) is 20.1. The van der Waals surface area contributed by atoms with Gasteiger partial charge in [-0.05, 0) is 139 Å². The highest BCUT2D eigenvalue weighted by atomic mass is 15.2. The van der Waals surface area contributed by atoms with Gasteiger partial charge in [0.15, 0.2) is 0 Å². The Bertz CT molecular complexity index is 2390. The maximum atomic E-state index is 2.40. The Morgan fingerprint density at radius 3 is 0.610 bits per heavy atom. The largest absolute Gasteiger partial charge is 0.337 e. The van der Waals surface area contributed by atoms with Crippen LogP contribution in [-0.4, -0.2) is 0 Å². The van der Waals surface area contributed by atoms with E-state index in [0.717, 1.165) is 62.6 Å². The number of benzene rings is 9. The van der Waals surface area contributed by atoms with Gasteiger partial charge in [0.05, 0.1) is 0 Å². The molecule has 9 aromatic rings. The molecule has 0 N–H and O–H groups in total. The summed E-state index contributed by atoms with van der Waals surface area (Å²) in [5, 5.41) is 0. The summed E-state index contributed by atoms with van der Waals surface area (Å²) in [7, 11) is 0. The van der Waals surface area contributed by atoms with Crippen LogP contribution in [0.2, 0.25) is 0 Å². The number of para-hydroxylation sites is 6. The molecule has 284 valence electrons. The minimum absolute atomic E-state index is 0.678. The van der Waals surface area contributed by atoms with Crippen molar-refractivity contribution in [2.75, 3.05) is 19.6 Å². The molecule has 0 heterocycles. The highest BCUT2D eigenvalue weighted by molar-refractivity contribution is 5.81. The van der Waals surface area contributed by atoms with Crippen molar-refractivity contribution in [3.63, 3.8) is 0 Å². The van der Waals surface area contributed by atoms with Crippen LogP contribution in [0.1, 0.15) is 5.56 Å². The van der Waals surface area contributed by atoms with E-state index in [2.05, 4.69) is 274 Å². The number of hydrogen-bond acceptors (Lipinski definition) is 4. The first-order valence-corrected chi connectivity index (χ1v) is 20.1. The van der Waals surface area contributed by atoms with Crippen LogP contribution in [0.4, 0.5) is 62.6 Å². The molecule has 9 rings (SSSR count). The predicted octanol–water partition coefficient (Wildman–Crippen LogP) is 15.4. The van der Waals surface area contributed by atoms with Gasteiger partial charge in [-0.1, -0.05) is 121 Å². The summed E-state index contributed by atoms with van der Waals surface area (Å²) in [6.45, 7) is 0.678. The average Bonchev–Trinajstić information content (AvgIpc) is 3.32. The number of hydrogen-bond donors (Lipinski definition) is 0. The van der Waals surface area contributed by atoms with Crippen LogP contribution in [0, 0.1) is 0 Å². The molecule has 0 amide bonds. The van der Waals surface area contributed by atoms with Gasteiger partial charge in [-0.2, -0.15) is 0 Å². The first kappa shape index (κ1) is 36.8. The van der Waals surface area contributed by atoms with Crippen molar-refractivity contribution in [3.05, 3.63) is 260 Å². The predicted molar refractivity (Wildman–Crippen MR) is 249 cm³/mol. The molecule has 0 saturated heterocycles. The molecule has 0 fully saturated rings. The van der Waals surface area contributed by atoms with E-state index in [1.54, 1.807) is 0 Å². The maximum absolute atomic E-state index is 2.40. The van der Waals surface area contributed by atoms with Crippen molar-refractivity contribution in [1.82, 2.24) is 0 Å². The van der Waals surface area contributed by atoms with Crippen LogP contribution in [-0.2, 0) is 6.54 Å². The summed E-state index contributed by atoms with van der Waals surface area (Å²) in [6.07, 6.45) is 0. The quantitative estimate of drug-likeness (QED) is 0.116. The number of anilines is 11. The lowest BCUT2D eigenvalue weighted by Crippen LogP contribution is -2.17. The lowest BCUT2D eigenvalue weighted by molar-refractivity contribution is 0.974. The summed E-state index contributed by atoms with van der Waals surface area (Å²) in [6, 6.07) is 90.1. The summed E-state index contributed by atoms with van der Waals surface area (Å²) in [4.78, 5) is 9.30. The van der Waals surface area contributed by atoms with Gasteiger partial charge in [-0.15, -0.1) is 0 Å². The SMILES string of the molecule is c1ccc(N(c2ccccc2)c2ccc(CN(c3ccc(N(c4ccccc4)c4ccccc4)cc3)c3ccc(N(c4ccccc4)c4ccccc4)cc3)cc2)cc1. The molecule has 0 aliphatic heterocycles. The van der Waals surface area contributed by atoms with Crippen LogP contribution >= 0.6 is 0 Å². The molecule has 0 unspecified atom stereocenters. The second-order valence-electron chi connectivity index (χ2n) is 14.3. The Labute approximate surface area is 347 Å². The third-order valence-electron chi connectivity index (χ3n) is 10.5. The third-order valence-corrected chi connectivity index (χ3v) is 10.5. The molecule has 9 aromatic carbocycles. The van der Waals surface area contributed by atoms with Gasteiger partial charge < -0.3 is 19.6 Å². The Hall–Kier alpha value is -7.82. The minimum Gasteiger partial charge on any atom is -0.337 e. The Morgan fingerprint density at radius 1 is 0.186 bits per heavy atom. The number of rotatable bonds is 13. The standard InChI is InChI=1S/C55H44N4/c1-7-19-47(20-8-1)57(48-21-9-2-10-22-48)53-33-31-44(32-34-53)43-56(45-35-39-54(40-36-45)58(49-23-11-3-12-24-49)50-25-13-4-14-26-50)46-37-41-55(42-38-46)59(51-27-15-5-16-28-51)52-29-17-6-18-30-52/h1-42H,43H2. The number of nitrogens with zero attached hydrogens (tertiary/aromatic N) is 4. The van der Waals surface area contributed by atoms with E-state index in [4.69, 9.17) is 0 Å². The van der Waals surface area contributed by atoms with Gasteiger partial charge in [-0.25, -0.2) is 0 Å². The Morgan fingerprint density at radius 2 is 0.373 bits per heavy atom. The monoisotopic (exact) mass is 760 g/mol. The highest BCUT2D eigenvalue weighted by Crippen LogP contribution is 2.40. The molecule has 0 bridgehead atoms. The Kier molecular flexibility index (Phi) is 10.9. The van der Waals surface area contributed by atoms with E-state index in [0.29, 0.717) is 6.54 Å². The topological polar surface area (TPSA) is 13.0 Å². The van der Waals surface area contributed by atoms with Gasteiger partial charge in [0, 0.05) is 69.1 Å². The third kappa shape index (κ3) is 8.34. The molecule has 0 saturated carbocycles. The van der Waals surface area contributed by atoms with E-state index in [1.807, 2.05) is 0 Å². The molecule has 59 heavy (non-hydrogen) atoms. The molecular formula is C55H44N4. The van der Waals surface area contributed by atoms with Gasteiger partial charge in [0.1, 0.15) is 0 Å². The van der Waals surface area contributed by atoms with Crippen molar-refractivity contribution in [2.45, 2.75) is 6.54 Å². The zero-order valence-electron chi connectivity index (χ0n) is 32.7. The summed E-state index contributed by atoms with van der Waals surface area (Å²) >= 11 is 0. The molecule has 0 aromatic heterocycles. The molecule has 0 spiro atoms. The normalized spacial score (nSPS) is 10.8. The smallest absolute Gasteiger partial charge is 0.0481 e. The van der Waals surface area contributed by atoms with E-state index < -0.39 is 0 Å². The minimum atomic E-state index is 0.678. The molecule has 0 aliphatic rings. The molecule has 0 atom stereocenters. The van der Waals surface area contributed by atoms with Crippen molar-refractivity contribution >= 4 is 62.6 Å². The van der Waals surface area contributed by atoms with Gasteiger partial charge in [0.2, 0.25) is 0 Å². The summed E-state index contributed by atoms with van der Waals surface area (Å²) < 4.78 is 0. The molecule has 4 heteroatoms. The lowest BCUT2D eigenvalue weighted by atomic mass is 10.1. The van der Waals surface area contributed by atoms with Crippen molar-refractivity contribution in [3.8, 4) is 0 Å². The highest BCUT2D eigenvalue weighted by Gasteiger charge is 2.18. The van der Waals surface area contributed by atoms with E-state index in [1.165, 1.54) is 5.56 Å². The van der Waals surface area contributed by atoms with E-state index in [-0.39, 0.29) is 0 Å². The van der Waals surface area contributed by atoms with Crippen LogP contribution in [0.3, 0.4) is 0 Å². The first-order chi connectivity index (χ1) is 29.3. The van der Waals surface area contributed by atoms with Crippen molar-refractivity contribution in [1.29, 1.82) is 0 Å². The molecule has 0 aliphatic carbocycles. The van der Waals surface area contributed by atoms with E-state index in [9.17, 15) is 0 Å². The average molecular weight is 761 g/mol. The van der Waals surface area contributed by atoms with Crippen molar-refractivity contribution < 1.29 is 0 Å². The molecular weight excluding hydrogens is 717 g/mol. The lowest BCUT2D eigenvalue weighted by Gasteiger charge is -2.30. The van der Waals surface area contributed by atoms with E-state index >= 15 is 0 Å². The molecule has 0 radical (unpaired) electrons. The zero-order chi connectivity index (χ0) is 39.6.